The number of ketones is 1. The maximum Gasteiger partial charge on any atom is 0.287 e. The van der Waals surface area contributed by atoms with Crippen LogP contribution in [0.2, 0.25) is 0 Å². The minimum absolute atomic E-state index is 0.138. The molecule has 0 radical (unpaired) electrons. The number of benzene rings is 1. The Morgan fingerprint density at radius 3 is 2.61 bits per heavy atom. The number of piperazine rings is 1. The van der Waals surface area contributed by atoms with Crippen molar-refractivity contribution in [3.05, 3.63) is 76.9 Å². The molecule has 0 bridgehead atoms. The van der Waals surface area contributed by atoms with E-state index in [0.717, 1.165) is 63.2 Å². The predicted octanol–water partition coefficient (Wildman–Crippen LogP) is 3.15. The van der Waals surface area contributed by atoms with Crippen LogP contribution in [0.3, 0.4) is 0 Å². The minimum atomic E-state index is -0.280. The van der Waals surface area contributed by atoms with Gasteiger partial charge < -0.3 is 4.90 Å². The van der Waals surface area contributed by atoms with Gasteiger partial charge in [-0.1, -0.05) is 16.7 Å². The van der Waals surface area contributed by atoms with Crippen LogP contribution in [0.15, 0.2) is 59.2 Å². The monoisotopic (exact) mass is 445 g/mol. The van der Waals surface area contributed by atoms with Gasteiger partial charge in [0.1, 0.15) is 5.82 Å². The Labute approximate surface area is 195 Å². The average Bonchev–Trinajstić information content (AvgIpc) is 3.35. The van der Waals surface area contributed by atoms with Gasteiger partial charge in [0.25, 0.3) is 5.69 Å². The predicted molar refractivity (Wildman–Crippen MR) is 129 cm³/mol. The molecule has 170 valence electrons. The second kappa shape index (κ2) is 11.0. The lowest BCUT2D eigenvalue weighted by atomic mass is 10.0. The molecular weight excluding hydrogens is 415 g/mol. The lowest BCUT2D eigenvalue weighted by molar-refractivity contribution is -0.696. The topological polar surface area (TPSA) is 39.8 Å². The minimum Gasteiger partial charge on any atom is -0.302 e. The van der Waals surface area contributed by atoms with Crippen LogP contribution in [-0.2, 0) is 0 Å². The molecule has 1 aromatic carbocycles. The van der Waals surface area contributed by atoms with Crippen molar-refractivity contribution in [2.24, 2.45) is 4.99 Å². The van der Waals surface area contributed by atoms with E-state index in [0.29, 0.717) is 12.0 Å². The van der Waals surface area contributed by atoms with Crippen LogP contribution in [-0.4, -0.2) is 56.7 Å². The van der Waals surface area contributed by atoms with Gasteiger partial charge >= 0.3 is 0 Å². The van der Waals surface area contributed by atoms with Crippen LogP contribution in [0.25, 0.3) is 0 Å². The molecule has 33 heavy (non-hydrogen) atoms. The first kappa shape index (κ1) is 22.9. The fourth-order valence-electron chi connectivity index (χ4n) is 4.01. The largest absolute Gasteiger partial charge is 0.302 e. The van der Waals surface area contributed by atoms with E-state index in [1.807, 2.05) is 29.2 Å². The second-order valence-corrected chi connectivity index (χ2v) is 8.56. The Hall–Kier alpha value is -3.30. The van der Waals surface area contributed by atoms with Crippen molar-refractivity contribution in [2.45, 2.75) is 25.7 Å². The molecule has 2 aliphatic heterocycles. The van der Waals surface area contributed by atoms with Crippen LogP contribution in [0.5, 0.6) is 0 Å². The highest BCUT2D eigenvalue weighted by atomic mass is 19.1. The average molecular weight is 446 g/mol. The first-order valence-electron chi connectivity index (χ1n) is 11.6. The number of aliphatic imine (C=N–C) groups is 1. The molecule has 0 atom stereocenters. The number of Topliss-reactive ketones (excluding diaryl/α,β-unsaturated/α-hetero) is 1. The highest BCUT2D eigenvalue weighted by Gasteiger charge is 2.24. The highest BCUT2D eigenvalue weighted by Crippen LogP contribution is 2.13. The van der Waals surface area contributed by atoms with Gasteiger partial charge in [0.05, 0.1) is 19.6 Å². The van der Waals surface area contributed by atoms with Crippen LogP contribution in [0.4, 0.5) is 4.39 Å². The standard InChI is InChI=1S/C27H30FN4O/c1-30-16-18-31(19-17-30)32-15-13-24(27(33)5-3-2-4-23-12-14-29-21-23)20-26(32)11-8-22-6-9-25(28)10-7-22/h6-7,9-10,12-13,15,20-21H,2-5,14,16-19H2,1H3/q+1. The SMILES string of the molecule is CN1CCN([n+]2ccc(C(=O)CCCCC3=CCN=C3)cc2C#Cc2ccc(F)cc2)CC1. The number of nitrogens with zero attached hydrogens (tertiary/aromatic N) is 4. The van der Waals surface area contributed by atoms with Crippen molar-refractivity contribution in [2.75, 3.05) is 44.8 Å². The normalized spacial score (nSPS) is 15.8. The number of halogens is 1. The molecule has 5 nitrogen and oxygen atoms in total. The van der Waals surface area contributed by atoms with E-state index in [4.69, 9.17) is 0 Å². The number of allylic oxidation sites excluding steroid dienone is 1. The molecule has 2 aliphatic rings. The van der Waals surface area contributed by atoms with E-state index in [9.17, 15) is 9.18 Å². The Morgan fingerprint density at radius 1 is 1.09 bits per heavy atom. The number of aromatic nitrogens is 1. The molecule has 1 saturated heterocycles. The zero-order chi connectivity index (χ0) is 23.0. The van der Waals surface area contributed by atoms with Crippen molar-refractivity contribution in [3.8, 4) is 11.8 Å². The molecule has 2 aromatic rings. The van der Waals surface area contributed by atoms with Gasteiger partial charge in [-0.3, -0.25) is 9.79 Å². The molecule has 0 aliphatic carbocycles. The summed E-state index contributed by atoms with van der Waals surface area (Å²) in [5.74, 6) is 6.20. The van der Waals surface area contributed by atoms with Crippen molar-refractivity contribution >= 4 is 12.0 Å². The van der Waals surface area contributed by atoms with Gasteiger partial charge in [-0.05, 0) is 56.1 Å². The number of hydrogen-bond acceptors (Lipinski definition) is 4. The summed E-state index contributed by atoms with van der Waals surface area (Å²) in [5.41, 5.74) is 3.46. The molecule has 0 unspecified atom stereocenters. The summed E-state index contributed by atoms with van der Waals surface area (Å²) in [6.07, 6.45) is 9.36. The summed E-state index contributed by atoms with van der Waals surface area (Å²) in [5, 5.41) is 2.25. The number of hydrogen-bond donors (Lipinski definition) is 0. The number of carbonyl (C=O) groups excluding carboxylic acids is 1. The summed E-state index contributed by atoms with van der Waals surface area (Å²) in [6, 6.07) is 9.95. The van der Waals surface area contributed by atoms with Crippen molar-refractivity contribution < 1.29 is 13.9 Å². The van der Waals surface area contributed by atoms with Crippen LogP contribution in [0, 0.1) is 17.7 Å². The Morgan fingerprint density at radius 2 is 1.88 bits per heavy atom. The number of unbranched alkanes of at least 4 members (excludes halogenated alkanes) is 1. The first-order chi connectivity index (χ1) is 16.1. The van der Waals surface area contributed by atoms with Gasteiger partial charge in [-0.15, -0.1) is 0 Å². The van der Waals surface area contributed by atoms with E-state index < -0.39 is 0 Å². The number of likely N-dealkylation sites (N-methyl/N-ethyl adjacent to an activating group) is 1. The lowest BCUT2D eigenvalue weighted by Crippen LogP contribution is -2.65. The molecule has 1 fully saturated rings. The molecule has 0 amide bonds. The van der Waals surface area contributed by atoms with Crippen LogP contribution in [0.1, 0.15) is 47.3 Å². The zero-order valence-corrected chi connectivity index (χ0v) is 19.1. The Balaban J connectivity index is 1.49. The molecule has 3 heterocycles. The third-order valence-electron chi connectivity index (χ3n) is 6.06. The molecular formula is C27H30FN4O+. The maximum absolute atomic E-state index is 13.2. The summed E-state index contributed by atoms with van der Waals surface area (Å²) >= 11 is 0. The molecule has 0 spiro atoms. The smallest absolute Gasteiger partial charge is 0.287 e. The first-order valence-corrected chi connectivity index (χ1v) is 11.6. The number of pyridine rings is 1. The van der Waals surface area contributed by atoms with Crippen molar-refractivity contribution in [3.63, 3.8) is 0 Å². The van der Waals surface area contributed by atoms with Crippen molar-refractivity contribution in [1.82, 2.24) is 4.90 Å². The van der Waals surface area contributed by atoms with E-state index in [2.05, 4.69) is 39.9 Å². The quantitative estimate of drug-likeness (QED) is 0.285. The Kier molecular flexibility index (Phi) is 7.64. The third-order valence-corrected chi connectivity index (χ3v) is 6.06. The summed E-state index contributed by atoms with van der Waals surface area (Å²) in [7, 11) is 2.12. The zero-order valence-electron chi connectivity index (χ0n) is 19.1. The van der Waals surface area contributed by atoms with Crippen LogP contribution >= 0.6 is 0 Å². The number of carbonyl (C=O) groups is 1. The van der Waals surface area contributed by atoms with Gasteiger partial charge in [0.2, 0.25) is 6.20 Å². The van der Waals surface area contributed by atoms with E-state index in [1.54, 1.807) is 12.1 Å². The van der Waals surface area contributed by atoms with E-state index in [1.165, 1.54) is 17.7 Å². The second-order valence-electron chi connectivity index (χ2n) is 8.56. The summed E-state index contributed by atoms with van der Waals surface area (Å²) in [4.78, 5) is 19.4. The molecule has 4 rings (SSSR count). The molecule has 6 heteroatoms. The molecule has 1 aromatic heterocycles. The van der Waals surface area contributed by atoms with Gasteiger partial charge in [-0.2, -0.15) is 5.01 Å². The molecule has 0 N–H and O–H groups in total. The van der Waals surface area contributed by atoms with E-state index in [-0.39, 0.29) is 11.6 Å². The summed E-state index contributed by atoms with van der Waals surface area (Å²) < 4.78 is 15.3. The van der Waals surface area contributed by atoms with E-state index >= 15 is 0 Å². The Bertz CT molecular complexity index is 1100. The maximum atomic E-state index is 13.2. The highest BCUT2D eigenvalue weighted by molar-refractivity contribution is 5.96. The van der Waals surface area contributed by atoms with Crippen molar-refractivity contribution in [1.29, 1.82) is 0 Å². The lowest BCUT2D eigenvalue weighted by Gasteiger charge is -2.29. The van der Waals surface area contributed by atoms with Crippen LogP contribution < -0.4 is 9.69 Å². The number of rotatable bonds is 7. The van der Waals surface area contributed by atoms with Gasteiger partial charge in [-0.25, -0.2) is 4.39 Å². The van der Waals surface area contributed by atoms with Gasteiger partial charge in [0, 0.05) is 54.9 Å². The third kappa shape index (κ3) is 6.36. The molecule has 0 saturated carbocycles. The fraction of sp³-hybridized carbons (Fsp3) is 0.370. The van der Waals surface area contributed by atoms with Gasteiger partial charge in [0.15, 0.2) is 5.78 Å². The fourth-order valence-corrected chi connectivity index (χ4v) is 4.01. The summed E-state index contributed by atoms with van der Waals surface area (Å²) in [6.45, 7) is 4.50.